The first-order valence-corrected chi connectivity index (χ1v) is 7.10. The SMILES string of the molecule is COCCOc1cccc(CNC(=O)C2CNCCO2)c1. The average Bonchev–Trinajstić information content (AvgIpc) is 2.54. The monoisotopic (exact) mass is 294 g/mol. The Labute approximate surface area is 124 Å². The van der Waals surface area contributed by atoms with Gasteiger partial charge in [-0.05, 0) is 17.7 Å². The van der Waals surface area contributed by atoms with E-state index < -0.39 is 6.10 Å². The van der Waals surface area contributed by atoms with E-state index >= 15 is 0 Å². The van der Waals surface area contributed by atoms with Crippen molar-refractivity contribution in [2.24, 2.45) is 0 Å². The normalized spacial score (nSPS) is 18.2. The highest BCUT2D eigenvalue weighted by Gasteiger charge is 2.21. The van der Waals surface area contributed by atoms with Gasteiger partial charge in [-0.3, -0.25) is 4.79 Å². The average molecular weight is 294 g/mol. The molecule has 1 fully saturated rings. The Morgan fingerprint density at radius 2 is 2.38 bits per heavy atom. The van der Waals surface area contributed by atoms with Gasteiger partial charge in [-0.15, -0.1) is 0 Å². The quantitative estimate of drug-likeness (QED) is 0.709. The molecule has 1 amide bonds. The number of amides is 1. The Morgan fingerprint density at radius 3 is 3.14 bits per heavy atom. The van der Waals surface area contributed by atoms with Crippen molar-refractivity contribution in [1.82, 2.24) is 10.6 Å². The molecule has 1 saturated heterocycles. The zero-order valence-electron chi connectivity index (χ0n) is 12.3. The van der Waals surface area contributed by atoms with E-state index in [1.165, 1.54) is 0 Å². The predicted octanol–water partition coefficient (Wildman–Crippen LogP) is 0.316. The van der Waals surface area contributed by atoms with Crippen molar-refractivity contribution in [2.75, 3.05) is 40.0 Å². The number of morpholine rings is 1. The molecule has 1 aromatic carbocycles. The van der Waals surface area contributed by atoms with Gasteiger partial charge in [0.15, 0.2) is 0 Å². The second kappa shape index (κ2) is 8.61. The fourth-order valence-corrected chi connectivity index (χ4v) is 2.02. The molecule has 0 spiro atoms. The molecule has 6 nitrogen and oxygen atoms in total. The third-order valence-electron chi connectivity index (χ3n) is 3.14. The van der Waals surface area contributed by atoms with E-state index in [1.54, 1.807) is 7.11 Å². The topological polar surface area (TPSA) is 68.8 Å². The molecule has 1 aliphatic heterocycles. The minimum absolute atomic E-state index is 0.0899. The van der Waals surface area contributed by atoms with Crippen molar-refractivity contribution in [3.8, 4) is 5.75 Å². The molecule has 0 radical (unpaired) electrons. The molecule has 1 unspecified atom stereocenters. The maximum atomic E-state index is 11.9. The van der Waals surface area contributed by atoms with Gasteiger partial charge in [-0.1, -0.05) is 12.1 Å². The van der Waals surface area contributed by atoms with Crippen LogP contribution in [0.1, 0.15) is 5.56 Å². The lowest BCUT2D eigenvalue weighted by Gasteiger charge is -2.22. The number of ether oxygens (including phenoxy) is 3. The molecule has 6 heteroatoms. The van der Waals surface area contributed by atoms with Gasteiger partial charge < -0.3 is 24.8 Å². The molecule has 1 atom stereocenters. The summed E-state index contributed by atoms with van der Waals surface area (Å²) >= 11 is 0. The number of hydrogen-bond acceptors (Lipinski definition) is 5. The Hall–Kier alpha value is -1.63. The van der Waals surface area contributed by atoms with Crippen LogP contribution in [0.15, 0.2) is 24.3 Å². The molecule has 0 saturated carbocycles. The molecule has 2 N–H and O–H groups in total. The second-order valence-electron chi connectivity index (χ2n) is 4.77. The van der Waals surface area contributed by atoms with Crippen LogP contribution in [0.3, 0.4) is 0 Å². The molecular formula is C15H22N2O4. The van der Waals surface area contributed by atoms with Crippen molar-refractivity contribution < 1.29 is 19.0 Å². The summed E-state index contributed by atoms with van der Waals surface area (Å²) in [7, 11) is 1.64. The highest BCUT2D eigenvalue weighted by atomic mass is 16.5. The van der Waals surface area contributed by atoms with Gasteiger partial charge in [0.05, 0.1) is 13.2 Å². The van der Waals surface area contributed by atoms with Crippen LogP contribution in [0.2, 0.25) is 0 Å². The Morgan fingerprint density at radius 1 is 1.48 bits per heavy atom. The second-order valence-corrected chi connectivity index (χ2v) is 4.77. The third-order valence-corrected chi connectivity index (χ3v) is 3.14. The Kier molecular flexibility index (Phi) is 6.46. The van der Waals surface area contributed by atoms with E-state index in [4.69, 9.17) is 14.2 Å². The zero-order valence-corrected chi connectivity index (χ0v) is 12.3. The molecule has 1 heterocycles. The van der Waals surface area contributed by atoms with Gasteiger partial charge in [0.25, 0.3) is 5.91 Å². The Balaban J connectivity index is 1.79. The number of carbonyl (C=O) groups is 1. The number of benzene rings is 1. The highest BCUT2D eigenvalue weighted by molar-refractivity contribution is 5.81. The summed E-state index contributed by atoms with van der Waals surface area (Å²) in [6.45, 7) is 3.44. The van der Waals surface area contributed by atoms with Crippen LogP contribution in [0.5, 0.6) is 5.75 Å². The lowest BCUT2D eigenvalue weighted by molar-refractivity contribution is -0.134. The summed E-state index contributed by atoms with van der Waals surface area (Å²) in [5.41, 5.74) is 0.988. The van der Waals surface area contributed by atoms with E-state index in [0.29, 0.717) is 32.9 Å². The molecule has 116 valence electrons. The molecular weight excluding hydrogens is 272 g/mol. The first kappa shape index (κ1) is 15.8. The molecule has 21 heavy (non-hydrogen) atoms. The van der Waals surface area contributed by atoms with Crippen molar-refractivity contribution in [3.63, 3.8) is 0 Å². The van der Waals surface area contributed by atoms with Gasteiger partial charge >= 0.3 is 0 Å². The lowest BCUT2D eigenvalue weighted by atomic mass is 10.2. The number of rotatable bonds is 7. The third kappa shape index (κ3) is 5.34. The van der Waals surface area contributed by atoms with Gasteiger partial charge in [0.1, 0.15) is 18.5 Å². The van der Waals surface area contributed by atoms with Crippen LogP contribution in [-0.4, -0.2) is 52.0 Å². The van der Waals surface area contributed by atoms with E-state index in [1.807, 2.05) is 24.3 Å². The zero-order chi connectivity index (χ0) is 14.9. The fraction of sp³-hybridized carbons (Fsp3) is 0.533. The summed E-state index contributed by atoms with van der Waals surface area (Å²) in [5, 5.41) is 6.01. The molecule has 1 aliphatic rings. The van der Waals surface area contributed by atoms with E-state index in [2.05, 4.69) is 10.6 Å². The first-order chi connectivity index (χ1) is 10.3. The fourth-order valence-electron chi connectivity index (χ4n) is 2.02. The van der Waals surface area contributed by atoms with Crippen LogP contribution in [-0.2, 0) is 20.8 Å². The molecule has 0 bridgehead atoms. The van der Waals surface area contributed by atoms with E-state index in [0.717, 1.165) is 17.9 Å². The van der Waals surface area contributed by atoms with Gasteiger partial charge in [-0.2, -0.15) is 0 Å². The number of methoxy groups -OCH3 is 1. The number of hydrogen-bond donors (Lipinski definition) is 2. The van der Waals surface area contributed by atoms with Crippen LogP contribution in [0.4, 0.5) is 0 Å². The van der Waals surface area contributed by atoms with Crippen molar-refractivity contribution in [3.05, 3.63) is 29.8 Å². The first-order valence-electron chi connectivity index (χ1n) is 7.10. The lowest BCUT2D eigenvalue weighted by Crippen LogP contribution is -2.47. The number of nitrogens with one attached hydrogen (secondary N) is 2. The summed E-state index contributed by atoms with van der Waals surface area (Å²) in [6.07, 6.45) is -0.403. The molecule has 0 aromatic heterocycles. The standard InChI is InChI=1S/C15H22N2O4/c1-19-7-8-20-13-4-2-3-12(9-13)10-17-15(18)14-11-16-5-6-21-14/h2-4,9,14,16H,5-8,10-11H2,1H3,(H,17,18). The smallest absolute Gasteiger partial charge is 0.250 e. The highest BCUT2D eigenvalue weighted by Crippen LogP contribution is 2.13. The number of carbonyl (C=O) groups excluding carboxylic acids is 1. The molecule has 1 aromatic rings. The maximum Gasteiger partial charge on any atom is 0.250 e. The molecule has 0 aliphatic carbocycles. The molecule has 2 rings (SSSR count). The summed E-state index contributed by atoms with van der Waals surface area (Å²) in [4.78, 5) is 11.9. The van der Waals surface area contributed by atoms with Gasteiger partial charge in [0.2, 0.25) is 0 Å². The van der Waals surface area contributed by atoms with Gasteiger partial charge in [-0.25, -0.2) is 0 Å². The van der Waals surface area contributed by atoms with Crippen LogP contribution in [0, 0.1) is 0 Å². The summed E-state index contributed by atoms with van der Waals surface area (Å²) in [5.74, 6) is 0.683. The van der Waals surface area contributed by atoms with Gasteiger partial charge in [0, 0.05) is 26.7 Å². The maximum absolute atomic E-state index is 11.9. The van der Waals surface area contributed by atoms with E-state index in [9.17, 15) is 4.79 Å². The largest absolute Gasteiger partial charge is 0.491 e. The van der Waals surface area contributed by atoms with E-state index in [-0.39, 0.29) is 5.91 Å². The van der Waals surface area contributed by atoms with Crippen molar-refractivity contribution in [1.29, 1.82) is 0 Å². The van der Waals surface area contributed by atoms with Crippen LogP contribution in [0.25, 0.3) is 0 Å². The van der Waals surface area contributed by atoms with Crippen LogP contribution >= 0.6 is 0 Å². The summed E-state index contributed by atoms with van der Waals surface area (Å²) in [6, 6.07) is 7.65. The minimum atomic E-state index is -0.403. The minimum Gasteiger partial charge on any atom is -0.491 e. The van der Waals surface area contributed by atoms with Crippen molar-refractivity contribution in [2.45, 2.75) is 12.6 Å². The van der Waals surface area contributed by atoms with Crippen LogP contribution < -0.4 is 15.4 Å². The predicted molar refractivity (Wildman–Crippen MR) is 78.3 cm³/mol. The summed E-state index contributed by atoms with van der Waals surface area (Å²) < 4.78 is 15.9. The Bertz CT molecular complexity index is 447. The van der Waals surface area contributed by atoms with Crippen molar-refractivity contribution >= 4 is 5.91 Å².